The first-order valence-electron chi connectivity index (χ1n) is 10.4. The molecule has 0 spiro atoms. The molecule has 0 radical (unpaired) electrons. The van der Waals surface area contributed by atoms with Crippen LogP contribution in [0.3, 0.4) is 0 Å². The molecule has 1 atom stereocenters. The second-order valence-electron chi connectivity index (χ2n) is 7.85. The lowest BCUT2D eigenvalue weighted by Gasteiger charge is -2.27. The molecular weight excluding hydrogens is 408 g/mol. The molecule has 3 amide bonds. The number of nitrogens with zero attached hydrogens (tertiary/aromatic N) is 2. The number of benzene rings is 2. The summed E-state index contributed by atoms with van der Waals surface area (Å²) in [7, 11) is 2.99. The lowest BCUT2D eigenvalue weighted by atomic mass is 10.0. The quantitative estimate of drug-likeness (QED) is 0.465. The molecule has 1 unspecified atom stereocenters. The maximum absolute atomic E-state index is 13.3. The normalized spacial score (nSPS) is 15.8. The van der Waals surface area contributed by atoms with Gasteiger partial charge in [-0.1, -0.05) is 32.1 Å². The average molecular weight is 437 g/mol. The van der Waals surface area contributed by atoms with Gasteiger partial charge in [0, 0.05) is 12.1 Å². The van der Waals surface area contributed by atoms with Crippen molar-refractivity contribution in [2.24, 2.45) is 0 Å². The van der Waals surface area contributed by atoms with E-state index in [1.807, 2.05) is 12.1 Å². The predicted octanol–water partition coefficient (Wildman–Crippen LogP) is 3.79. The maximum Gasteiger partial charge on any atom is 0.257 e. The highest BCUT2D eigenvalue weighted by Crippen LogP contribution is 2.31. The van der Waals surface area contributed by atoms with Gasteiger partial charge in [0.2, 0.25) is 5.91 Å². The Hall–Kier alpha value is -3.61. The Labute approximate surface area is 188 Å². The van der Waals surface area contributed by atoms with Gasteiger partial charge in [0.25, 0.3) is 11.8 Å². The third-order valence-corrected chi connectivity index (χ3v) is 5.53. The molecule has 0 saturated carbocycles. The lowest BCUT2D eigenvalue weighted by Crippen LogP contribution is -2.45. The maximum atomic E-state index is 13.3. The molecule has 1 heterocycles. The molecule has 1 saturated heterocycles. The van der Waals surface area contributed by atoms with Gasteiger partial charge in [0.05, 0.1) is 26.3 Å². The summed E-state index contributed by atoms with van der Waals surface area (Å²) in [4.78, 5) is 41.8. The van der Waals surface area contributed by atoms with Crippen molar-refractivity contribution in [1.29, 1.82) is 0 Å². The van der Waals surface area contributed by atoms with Gasteiger partial charge in [-0.2, -0.15) is 0 Å². The van der Waals surface area contributed by atoms with Crippen LogP contribution in [0.2, 0.25) is 0 Å². The molecule has 7 heteroatoms. The molecule has 0 aliphatic carbocycles. The van der Waals surface area contributed by atoms with Gasteiger partial charge in [-0.3, -0.25) is 14.4 Å². The van der Waals surface area contributed by atoms with Crippen LogP contribution in [0.25, 0.3) is 0 Å². The third-order valence-electron chi connectivity index (χ3n) is 5.53. The minimum atomic E-state index is -0.911. The van der Waals surface area contributed by atoms with Crippen LogP contribution in [0.5, 0.6) is 11.5 Å². The minimum absolute atomic E-state index is 0.0857. The van der Waals surface area contributed by atoms with Crippen molar-refractivity contribution in [1.82, 2.24) is 4.90 Å². The summed E-state index contributed by atoms with van der Waals surface area (Å²) in [6.07, 6.45) is 1.45. The molecule has 32 heavy (non-hydrogen) atoms. The Morgan fingerprint density at radius 2 is 1.78 bits per heavy atom. The standard InChI is InChI=1S/C25H28N2O5/c1-6-13-26(24(29)18-9-12-21(31-4)22(14-18)32-5)20-15-23(28)27(25(20)30)19-10-7-17(8-11-19)16(2)3/h6-12,14,16,20H,1,13,15H2,2-5H3. The van der Waals surface area contributed by atoms with Crippen molar-refractivity contribution in [3.05, 3.63) is 66.2 Å². The van der Waals surface area contributed by atoms with Crippen molar-refractivity contribution in [2.75, 3.05) is 25.7 Å². The highest BCUT2D eigenvalue weighted by molar-refractivity contribution is 6.23. The van der Waals surface area contributed by atoms with Crippen molar-refractivity contribution in [3.8, 4) is 11.5 Å². The zero-order valence-electron chi connectivity index (χ0n) is 18.8. The highest BCUT2D eigenvalue weighted by atomic mass is 16.5. The van der Waals surface area contributed by atoms with E-state index in [9.17, 15) is 14.4 Å². The van der Waals surface area contributed by atoms with E-state index in [1.54, 1.807) is 30.3 Å². The van der Waals surface area contributed by atoms with Gasteiger partial charge in [0.1, 0.15) is 6.04 Å². The largest absolute Gasteiger partial charge is 0.493 e. The Balaban J connectivity index is 1.90. The van der Waals surface area contributed by atoms with Crippen LogP contribution in [0.15, 0.2) is 55.1 Å². The summed E-state index contributed by atoms with van der Waals surface area (Å²) in [5.74, 6) is 0.0625. The number of amides is 3. The van der Waals surface area contributed by atoms with Crippen molar-refractivity contribution >= 4 is 23.4 Å². The van der Waals surface area contributed by atoms with Gasteiger partial charge in [-0.25, -0.2) is 4.90 Å². The fourth-order valence-electron chi connectivity index (χ4n) is 3.76. The SMILES string of the molecule is C=CCN(C(=O)c1ccc(OC)c(OC)c1)C1CC(=O)N(c2ccc(C(C)C)cc2)C1=O. The molecule has 3 rings (SSSR count). The molecule has 7 nitrogen and oxygen atoms in total. The summed E-state index contributed by atoms with van der Waals surface area (Å²) >= 11 is 0. The summed E-state index contributed by atoms with van der Waals surface area (Å²) in [5.41, 5.74) is 1.94. The molecule has 1 fully saturated rings. The highest BCUT2D eigenvalue weighted by Gasteiger charge is 2.44. The molecular formula is C25H28N2O5. The number of anilines is 1. The number of hydrogen-bond acceptors (Lipinski definition) is 5. The van der Waals surface area contributed by atoms with Crippen molar-refractivity contribution < 1.29 is 23.9 Å². The Bertz CT molecular complexity index is 1030. The van der Waals surface area contributed by atoms with E-state index in [0.717, 1.165) is 10.5 Å². The van der Waals surface area contributed by atoms with Crippen LogP contribution in [-0.2, 0) is 9.59 Å². The van der Waals surface area contributed by atoms with Gasteiger partial charge < -0.3 is 14.4 Å². The van der Waals surface area contributed by atoms with Crippen molar-refractivity contribution in [2.45, 2.75) is 32.2 Å². The monoisotopic (exact) mass is 436 g/mol. The van der Waals surface area contributed by atoms with Crippen LogP contribution >= 0.6 is 0 Å². The first-order valence-corrected chi connectivity index (χ1v) is 10.4. The number of rotatable bonds is 8. The van der Waals surface area contributed by atoms with E-state index in [4.69, 9.17) is 9.47 Å². The van der Waals surface area contributed by atoms with E-state index in [2.05, 4.69) is 20.4 Å². The van der Waals surface area contributed by atoms with Gasteiger partial charge in [-0.05, 0) is 41.8 Å². The minimum Gasteiger partial charge on any atom is -0.493 e. The lowest BCUT2D eigenvalue weighted by molar-refractivity contribution is -0.122. The molecule has 168 valence electrons. The summed E-state index contributed by atoms with van der Waals surface area (Å²) in [6, 6.07) is 11.2. The number of carbonyl (C=O) groups is 3. The molecule has 1 aliphatic rings. The Morgan fingerprint density at radius 1 is 1.12 bits per heavy atom. The fourth-order valence-corrected chi connectivity index (χ4v) is 3.76. The van der Waals surface area contributed by atoms with Gasteiger partial charge in [-0.15, -0.1) is 6.58 Å². The zero-order valence-corrected chi connectivity index (χ0v) is 18.8. The molecule has 0 bridgehead atoms. The van der Waals surface area contributed by atoms with E-state index in [1.165, 1.54) is 25.2 Å². The van der Waals surface area contributed by atoms with Crippen LogP contribution in [0.1, 0.15) is 42.1 Å². The van der Waals surface area contributed by atoms with Crippen LogP contribution in [-0.4, -0.2) is 49.4 Å². The van der Waals surface area contributed by atoms with Crippen LogP contribution < -0.4 is 14.4 Å². The van der Waals surface area contributed by atoms with Crippen LogP contribution in [0, 0.1) is 0 Å². The predicted molar refractivity (Wildman–Crippen MR) is 122 cm³/mol. The van der Waals surface area contributed by atoms with E-state index in [-0.39, 0.29) is 18.9 Å². The number of methoxy groups -OCH3 is 2. The van der Waals surface area contributed by atoms with E-state index in [0.29, 0.717) is 28.7 Å². The zero-order chi connectivity index (χ0) is 23.4. The van der Waals surface area contributed by atoms with E-state index >= 15 is 0 Å². The number of ether oxygens (including phenoxy) is 2. The van der Waals surface area contributed by atoms with Gasteiger partial charge in [0.15, 0.2) is 11.5 Å². The second kappa shape index (κ2) is 9.68. The Kier molecular flexibility index (Phi) is 6.98. The number of carbonyl (C=O) groups excluding carboxylic acids is 3. The third kappa shape index (κ3) is 4.37. The molecule has 0 aromatic heterocycles. The van der Waals surface area contributed by atoms with Crippen LogP contribution in [0.4, 0.5) is 5.69 Å². The topological polar surface area (TPSA) is 76.2 Å². The summed E-state index contributed by atoms with van der Waals surface area (Å²) in [6.45, 7) is 7.98. The smallest absolute Gasteiger partial charge is 0.257 e. The second-order valence-corrected chi connectivity index (χ2v) is 7.85. The number of hydrogen-bond donors (Lipinski definition) is 0. The van der Waals surface area contributed by atoms with Crippen molar-refractivity contribution in [3.63, 3.8) is 0 Å². The first kappa shape index (κ1) is 23.1. The molecule has 2 aromatic carbocycles. The molecule has 2 aromatic rings. The first-order chi connectivity index (χ1) is 15.3. The average Bonchev–Trinajstić information content (AvgIpc) is 3.09. The Morgan fingerprint density at radius 3 is 2.34 bits per heavy atom. The molecule has 1 aliphatic heterocycles. The number of imide groups is 1. The van der Waals surface area contributed by atoms with E-state index < -0.39 is 17.9 Å². The summed E-state index contributed by atoms with van der Waals surface area (Å²) < 4.78 is 10.5. The molecule has 0 N–H and O–H groups in total. The fraction of sp³-hybridized carbons (Fsp3) is 0.320. The summed E-state index contributed by atoms with van der Waals surface area (Å²) in [5, 5.41) is 0. The van der Waals surface area contributed by atoms with Gasteiger partial charge >= 0.3 is 0 Å².